The molecule has 0 radical (unpaired) electrons. The number of nitrogens with zero attached hydrogens (tertiary/aromatic N) is 2. The number of aromatic nitrogens is 1. The van der Waals surface area contributed by atoms with Gasteiger partial charge in [-0.1, -0.05) is 53.2 Å². The Bertz CT molecular complexity index is 1010. The van der Waals surface area contributed by atoms with E-state index in [0.717, 1.165) is 51.0 Å². The summed E-state index contributed by atoms with van der Waals surface area (Å²) in [6.45, 7) is 6.58. The summed E-state index contributed by atoms with van der Waals surface area (Å²) in [5.74, 6) is 0.868. The normalized spacial score (nSPS) is 11.9. The van der Waals surface area contributed by atoms with E-state index in [9.17, 15) is 4.79 Å². The molecule has 0 fully saturated rings. The Kier molecular flexibility index (Phi) is 6.26. The highest BCUT2D eigenvalue weighted by molar-refractivity contribution is 6.30. The molecule has 0 saturated carbocycles. The van der Waals surface area contributed by atoms with E-state index in [1.54, 1.807) is 0 Å². The maximum atomic E-state index is 9.93. The molecule has 5 nitrogen and oxygen atoms in total. The summed E-state index contributed by atoms with van der Waals surface area (Å²) in [6, 6.07) is 16.0. The first-order valence-corrected chi connectivity index (χ1v) is 9.48. The van der Waals surface area contributed by atoms with Gasteiger partial charge in [0.15, 0.2) is 0 Å². The molecule has 0 unspecified atom stereocenters. The highest BCUT2D eigenvalue weighted by Gasteiger charge is 2.23. The molecule has 1 aliphatic rings. The van der Waals surface area contributed by atoms with E-state index in [1.807, 2.05) is 50.2 Å². The lowest BCUT2D eigenvalue weighted by atomic mass is 9.93. The Morgan fingerprint density at radius 3 is 2.43 bits per heavy atom. The van der Waals surface area contributed by atoms with Gasteiger partial charge in [0, 0.05) is 29.6 Å². The maximum Gasteiger partial charge on any atom is 0.216 e. The van der Waals surface area contributed by atoms with E-state index >= 15 is 0 Å². The second-order valence-corrected chi connectivity index (χ2v) is 6.80. The average molecular weight is 396 g/mol. The number of amides is 1. The topological polar surface area (TPSA) is 67.5 Å². The zero-order valence-corrected chi connectivity index (χ0v) is 16.9. The molecular weight excluding hydrogens is 374 g/mol. The first kappa shape index (κ1) is 19.8. The third kappa shape index (κ3) is 4.31. The van der Waals surface area contributed by atoms with E-state index in [1.165, 1.54) is 6.92 Å². The van der Waals surface area contributed by atoms with E-state index in [4.69, 9.17) is 21.1 Å². The Hall–Kier alpha value is -2.92. The van der Waals surface area contributed by atoms with Gasteiger partial charge in [0.05, 0.1) is 17.8 Å². The van der Waals surface area contributed by atoms with Crippen molar-refractivity contribution in [3.8, 4) is 11.1 Å². The third-order valence-corrected chi connectivity index (χ3v) is 4.57. The molecule has 6 heteroatoms. The molecule has 3 aromatic rings. The number of nitrogens with one attached hydrogen (secondary N) is 1. The van der Waals surface area contributed by atoms with Crippen molar-refractivity contribution in [2.24, 2.45) is 4.99 Å². The molecule has 4 rings (SSSR count). The fraction of sp³-hybridized carbons (Fsp3) is 0.227. The molecular formula is C22H22ClN3O2. The summed E-state index contributed by atoms with van der Waals surface area (Å²) in [6.07, 6.45) is 0. The number of rotatable bonds is 2. The van der Waals surface area contributed by atoms with Crippen molar-refractivity contribution in [3.05, 3.63) is 76.1 Å². The third-order valence-electron chi connectivity index (χ3n) is 4.32. The number of hydrogen-bond donors (Lipinski definition) is 1. The van der Waals surface area contributed by atoms with E-state index < -0.39 is 0 Å². The van der Waals surface area contributed by atoms with Crippen LogP contribution in [0.1, 0.15) is 36.4 Å². The van der Waals surface area contributed by atoms with Crippen LogP contribution in [0.5, 0.6) is 0 Å². The van der Waals surface area contributed by atoms with Gasteiger partial charge in [-0.3, -0.25) is 9.79 Å². The van der Waals surface area contributed by atoms with E-state index in [2.05, 4.69) is 22.6 Å². The molecule has 28 heavy (non-hydrogen) atoms. The molecule has 1 aromatic heterocycles. The summed E-state index contributed by atoms with van der Waals surface area (Å²) < 4.78 is 5.35. The zero-order chi connectivity index (χ0) is 20.1. The smallest absolute Gasteiger partial charge is 0.216 e. The van der Waals surface area contributed by atoms with Gasteiger partial charge in [-0.25, -0.2) is 0 Å². The van der Waals surface area contributed by atoms with Gasteiger partial charge in [-0.15, -0.1) is 0 Å². The minimum absolute atomic E-state index is 0.0394. The minimum Gasteiger partial charge on any atom is -0.361 e. The number of benzene rings is 2. The number of carbonyl (C=O) groups excluding carboxylic acids is 1. The largest absolute Gasteiger partial charge is 0.361 e. The zero-order valence-electron chi connectivity index (χ0n) is 16.1. The van der Waals surface area contributed by atoms with Crippen molar-refractivity contribution < 1.29 is 9.32 Å². The van der Waals surface area contributed by atoms with Crippen molar-refractivity contribution in [1.29, 1.82) is 0 Å². The number of carbonyl (C=O) groups is 1. The molecule has 1 amide bonds. The molecule has 2 heterocycles. The minimum atomic E-state index is 0.0394. The first-order chi connectivity index (χ1) is 13.5. The van der Waals surface area contributed by atoms with Crippen molar-refractivity contribution in [3.63, 3.8) is 0 Å². The summed E-state index contributed by atoms with van der Waals surface area (Å²) in [7, 11) is 0. The molecule has 1 N–H and O–H groups in total. The van der Waals surface area contributed by atoms with Crippen molar-refractivity contribution >= 4 is 23.2 Å². The van der Waals surface area contributed by atoms with Crippen LogP contribution in [0.15, 0.2) is 58.0 Å². The summed E-state index contributed by atoms with van der Waals surface area (Å²) >= 11 is 6.00. The van der Waals surface area contributed by atoms with E-state index in [-0.39, 0.29) is 5.91 Å². The van der Waals surface area contributed by atoms with Crippen LogP contribution >= 0.6 is 11.6 Å². The molecule has 1 aliphatic heterocycles. The lowest BCUT2D eigenvalue weighted by molar-refractivity contribution is -0.118. The average Bonchev–Trinajstić information content (AvgIpc) is 2.95. The standard InChI is InChI=1S/C18H13ClN2O.C4H9NO/c1-11-17-14-4-2-3-5-15(14)18(20-10-16(17)21-22-11)12-6-8-13(19)9-7-12;1-3-5-4(2)6/h2-9H,10H2,1H3;3H2,1-2H3,(H,5,6). The second-order valence-electron chi connectivity index (χ2n) is 6.36. The van der Waals surface area contributed by atoms with Crippen LogP contribution in [-0.4, -0.2) is 23.3 Å². The van der Waals surface area contributed by atoms with Crippen LogP contribution in [0.2, 0.25) is 5.02 Å². The van der Waals surface area contributed by atoms with Crippen LogP contribution in [0, 0.1) is 6.92 Å². The molecule has 0 saturated heterocycles. The fourth-order valence-electron chi connectivity index (χ4n) is 3.12. The number of hydrogen-bond acceptors (Lipinski definition) is 4. The highest BCUT2D eigenvalue weighted by atomic mass is 35.5. The second kappa shape index (κ2) is 8.85. The Balaban J connectivity index is 0.000000330. The number of aliphatic imine (C=N–C) groups is 1. The summed E-state index contributed by atoms with van der Waals surface area (Å²) in [5, 5.41) is 7.45. The summed E-state index contributed by atoms with van der Waals surface area (Å²) in [4.78, 5) is 14.7. The van der Waals surface area contributed by atoms with Crippen molar-refractivity contribution in [1.82, 2.24) is 10.5 Å². The Morgan fingerprint density at radius 2 is 1.82 bits per heavy atom. The van der Waals surface area contributed by atoms with Crippen molar-refractivity contribution in [2.45, 2.75) is 27.3 Å². The molecule has 0 spiro atoms. The molecule has 144 valence electrons. The maximum absolute atomic E-state index is 9.93. The van der Waals surface area contributed by atoms with Gasteiger partial charge >= 0.3 is 0 Å². The Labute approximate surface area is 169 Å². The fourth-order valence-corrected chi connectivity index (χ4v) is 3.25. The molecule has 0 bridgehead atoms. The van der Waals surface area contributed by atoms with Crippen LogP contribution in [0.25, 0.3) is 11.1 Å². The van der Waals surface area contributed by atoms with Gasteiger partial charge in [-0.2, -0.15) is 0 Å². The van der Waals surface area contributed by atoms with Crippen LogP contribution in [0.4, 0.5) is 0 Å². The van der Waals surface area contributed by atoms with Gasteiger partial charge in [0.2, 0.25) is 5.91 Å². The number of fused-ring (bicyclic) bond motifs is 3. The Morgan fingerprint density at radius 1 is 1.14 bits per heavy atom. The highest BCUT2D eigenvalue weighted by Crippen LogP contribution is 2.34. The van der Waals surface area contributed by atoms with Gasteiger partial charge in [0.1, 0.15) is 11.5 Å². The molecule has 2 aromatic carbocycles. The summed E-state index contributed by atoms with van der Waals surface area (Å²) in [5.41, 5.74) is 6.16. The molecule has 0 atom stereocenters. The predicted molar refractivity (Wildman–Crippen MR) is 112 cm³/mol. The van der Waals surface area contributed by atoms with E-state index in [0.29, 0.717) is 6.54 Å². The number of aryl methyl sites for hydroxylation is 1. The lowest BCUT2D eigenvalue weighted by Crippen LogP contribution is -2.18. The van der Waals surface area contributed by atoms with Crippen LogP contribution in [-0.2, 0) is 11.3 Å². The monoisotopic (exact) mass is 395 g/mol. The molecule has 0 aliphatic carbocycles. The van der Waals surface area contributed by atoms with Gasteiger partial charge in [0.25, 0.3) is 0 Å². The quantitative estimate of drug-likeness (QED) is 0.677. The first-order valence-electron chi connectivity index (χ1n) is 9.11. The SMILES string of the molecule is CCNC(C)=O.Cc1onc2c1-c1ccccc1C(c1ccc(Cl)cc1)=NC2. The van der Waals surface area contributed by atoms with Crippen LogP contribution < -0.4 is 5.32 Å². The van der Waals surface area contributed by atoms with Gasteiger partial charge in [-0.05, 0) is 31.5 Å². The number of halogens is 1. The lowest BCUT2D eigenvalue weighted by Gasteiger charge is -2.10. The predicted octanol–water partition coefficient (Wildman–Crippen LogP) is 4.80. The van der Waals surface area contributed by atoms with Crippen LogP contribution in [0.3, 0.4) is 0 Å². The van der Waals surface area contributed by atoms with Gasteiger partial charge < -0.3 is 9.84 Å². The van der Waals surface area contributed by atoms with Crippen molar-refractivity contribution in [2.75, 3.05) is 6.54 Å².